The summed E-state index contributed by atoms with van der Waals surface area (Å²) in [5.74, 6) is 2.45. The van der Waals surface area contributed by atoms with Gasteiger partial charge < -0.3 is 24.8 Å². The standard InChI is InChI=1S/C24H40N4O3.HI/c1-25-24(26-12-7-15-31-19-20-10-16-30-17-11-20)27-18-22(28-13-5-6-14-28)21-8-3-4-9-23(21)29-2;/h3-4,8-9,20,22H,5-7,10-19H2,1-2H3,(H2,25,26,27);1H. The van der Waals surface area contributed by atoms with Gasteiger partial charge in [0, 0.05) is 52.1 Å². The van der Waals surface area contributed by atoms with E-state index in [1.54, 1.807) is 7.11 Å². The lowest BCUT2D eigenvalue weighted by molar-refractivity contribution is 0.0203. The maximum atomic E-state index is 5.86. The highest BCUT2D eigenvalue weighted by Gasteiger charge is 2.26. The second-order valence-corrected chi connectivity index (χ2v) is 8.36. The molecule has 7 nitrogen and oxygen atoms in total. The van der Waals surface area contributed by atoms with E-state index in [0.717, 1.165) is 83.6 Å². The SMILES string of the molecule is CN=C(NCCCOCC1CCOCC1)NCC(c1ccccc1OC)N1CCCC1.I. The van der Waals surface area contributed by atoms with Gasteiger partial charge in [-0.2, -0.15) is 0 Å². The summed E-state index contributed by atoms with van der Waals surface area (Å²) >= 11 is 0. The summed E-state index contributed by atoms with van der Waals surface area (Å²) in [6.07, 6.45) is 5.73. The number of ether oxygens (including phenoxy) is 3. The van der Waals surface area contributed by atoms with Crippen molar-refractivity contribution < 1.29 is 14.2 Å². The summed E-state index contributed by atoms with van der Waals surface area (Å²) in [5.41, 5.74) is 1.23. The quantitative estimate of drug-likeness (QED) is 0.187. The summed E-state index contributed by atoms with van der Waals surface area (Å²) in [4.78, 5) is 6.95. The number of nitrogens with one attached hydrogen (secondary N) is 2. The third kappa shape index (κ3) is 8.68. The molecule has 2 fully saturated rings. The Morgan fingerprint density at radius 1 is 1.19 bits per heavy atom. The molecule has 2 aliphatic rings. The maximum Gasteiger partial charge on any atom is 0.191 e. The van der Waals surface area contributed by atoms with Crippen molar-refractivity contribution in [2.75, 3.05) is 66.8 Å². The van der Waals surface area contributed by atoms with Crippen molar-refractivity contribution in [3.05, 3.63) is 29.8 Å². The molecule has 0 aromatic heterocycles. The van der Waals surface area contributed by atoms with E-state index in [9.17, 15) is 0 Å². The van der Waals surface area contributed by atoms with Crippen LogP contribution in [0.4, 0.5) is 0 Å². The molecule has 0 saturated carbocycles. The van der Waals surface area contributed by atoms with Crippen LogP contribution in [0, 0.1) is 5.92 Å². The van der Waals surface area contributed by atoms with Gasteiger partial charge in [-0.1, -0.05) is 18.2 Å². The van der Waals surface area contributed by atoms with Gasteiger partial charge in [0.05, 0.1) is 13.2 Å². The van der Waals surface area contributed by atoms with E-state index < -0.39 is 0 Å². The zero-order valence-corrected chi connectivity index (χ0v) is 22.0. The first-order chi connectivity index (χ1) is 15.3. The molecule has 1 atom stereocenters. The summed E-state index contributed by atoms with van der Waals surface area (Å²) in [6.45, 7) is 7.28. The molecular weight excluding hydrogens is 519 g/mol. The lowest BCUT2D eigenvalue weighted by Crippen LogP contribution is -2.43. The zero-order chi connectivity index (χ0) is 21.7. The highest BCUT2D eigenvalue weighted by Crippen LogP contribution is 2.31. The smallest absolute Gasteiger partial charge is 0.191 e. The number of hydrogen-bond acceptors (Lipinski definition) is 5. The van der Waals surface area contributed by atoms with Crippen LogP contribution in [-0.2, 0) is 9.47 Å². The lowest BCUT2D eigenvalue weighted by Gasteiger charge is -2.30. The summed E-state index contributed by atoms with van der Waals surface area (Å²) in [7, 11) is 3.57. The molecule has 0 bridgehead atoms. The van der Waals surface area contributed by atoms with Crippen LogP contribution in [0.2, 0.25) is 0 Å². The van der Waals surface area contributed by atoms with Crippen LogP contribution in [0.3, 0.4) is 0 Å². The van der Waals surface area contributed by atoms with E-state index >= 15 is 0 Å². The van der Waals surface area contributed by atoms with Gasteiger partial charge in [-0.05, 0) is 57.2 Å². The van der Waals surface area contributed by atoms with E-state index in [2.05, 4.69) is 32.7 Å². The minimum absolute atomic E-state index is 0. The second-order valence-electron chi connectivity index (χ2n) is 8.36. The Hall–Kier alpha value is -1.10. The number of nitrogens with zero attached hydrogens (tertiary/aromatic N) is 2. The van der Waals surface area contributed by atoms with Crippen LogP contribution in [-0.4, -0.2) is 77.6 Å². The summed E-state index contributed by atoms with van der Waals surface area (Å²) in [5, 5.41) is 6.95. The summed E-state index contributed by atoms with van der Waals surface area (Å²) < 4.78 is 16.9. The average molecular weight is 561 g/mol. The Labute approximate surface area is 210 Å². The Bertz CT molecular complexity index is 664. The molecule has 2 saturated heterocycles. The van der Waals surface area contributed by atoms with Gasteiger partial charge in [0.25, 0.3) is 0 Å². The highest BCUT2D eigenvalue weighted by molar-refractivity contribution is 14.0. The van der Waals surface area contributed by atoms with Crippen molar-refractivity contribution in [3.63, 3.8) is 0 Å². The molecule has 1 aromatic carbocycles. The number of methoxy groups -OCH3 is 1. The Morgan fingerprint density at radius 3 is 2.66 bits per heavy atom. The van der Waals surface area contributed by atoms with Crippen molar-refractivity contribution in [3.8, 4) is 5.75 Å². The Kier molecular flexibility index (Phi) is 13.3. The monoisotopic (exact) mass is 560 g/mol. The fraction of sp³-hybridized carbons (Fsp3) is 0.708. The van der Waals surface area contributed by atoms with Gasteiger partial charge in [-0.3, -0.25) is 9.89 Å². The minimum atomic E-state index is 0. The number of benzene rings is 1. The first-order valence-corrected chi connectivity index (χ1v) is 11.8. The zero-order valence-electron chi connectivity index (χ0n) is 19.7. The minimum Gasteiger partial charge on any atom is -0.496 e. The van der Waals surface area contributed by atoms with Crippen molar-refractivity contribution in [1.29, 1.82) is 0 Å². The van der Waals surface area contributed by atoms with E-state index in [0.29, 0.717) is 5.92 Å². The first-order valence-electron chi connectivity index (χ1n) is 11.8. The number of aliphatic imine (C=N–C) groups is 1. The lowest BCUT2D eigenvalue weighted by atomic mass is 10.0. The molecule has 8 heteroatoms. The molecule has 0 aliphatic carbocycles. The molecule has 0 spiro atoms. The molecule has 0 amide bonds. The van der Waals surface area contributed by atoms with Gasteiger partial charge in [-0.15, -0.1) is 24.0 Å². The molecule has 182 valence electrons. The van der Waals surface area contributed by atoms with E-state index in [4.69, 9.17) is 14.2 Å². The maximum absolute atomic E-state index is 5.86. The summed E-state index contributed by atoms with van der Waals surface area (Å²) in [6, 6.07) is 8.61. The number of guanidine groups is 1. The van der Waals surface area contributed by atoms with Gasteiger partial charge in [0.2, 0.25) is 0 Å². The highest BCUT2D eigenvalue weighted by atomic mass is 127. The van der Waals surface area contributed by atoms with Crippen LogP contribution in [0.25, 0.3) is 0 Å². The molecule has 1 aromatic rings. The molecule has 2 heterocycles. The van der Waals surface area contributed by atoms with Crippen LogP contribution in [0.1, 0.15) is 43.7 Å². The van der Waals surface area contributed by atoms with E-state index in [-0.39, 0.29) is 30.0 Å². The third-order valence-corrected chi connectivity index (χ3v) is 6.22. The largest absolute Gasteiger partial charge is 0.496 e. The van der Waals surface area contributed by atoms with Gasteiger partial charge in [-0.25, -0.2) is 0 Å². The van der Waals surface area contributed by atoms with Crippen LogP contribution in [0.15, 0.2) is 29.3 Å². The van der Waals surface area contributed by atoms with Gasteiger partial charge >= 0.3 is 0 Å². The Morgan fingerprint density at radius 2 is 1.94 bits per heavy atom. The fourth-order valence-electron chi connectivity index (χ4n) is 4.39. The topological polar surface area (TPSA) is 67.4 Å². The first kappa shape index (κ1) is 27.1. The van der Waals surface area contributed by atoms with Crippen LogP contribution < -0.4 is 15.4 Å². The van der Waals surface area contributed by atoms with E-state index in [1.165, 1.54) is 18.4 Å². The van der Waals surface area contributed by atoms with Gasteiger partial charge in [0.15, 0.2) is 5.96 Å². The number of hydrogen-bond donors (Lipinski definition) is 2. The van der Waals surface area contributed by atoms with Crippen molar-refractivity contribution >= 4 is 29.9 Å². The molecular formula is C24H41IN4O3. The number of halogens is 1. The molecule has 1 unspecified atom stereocenters. The van der Waals surface area contributed by atoms with Crippen LogP contribution in [0.5, 0.6) is 5.75 Å². The van der Waals surface area contributed by atoms with Crippen LogP contribution >= 0.6 is 24.0 Å². The molecule has 0 radical (unpaired) electrons. The average Bonchev–Trinajstić information content (AvgIpc) is 3.35. The predicted molar refractivity (Wildman–Crippen MR) is 140 cm³/mol. The molecule has 2 N–H and O–H groups in total. The molecule has 2 aliphatic heterocycles. The Balaban J connectivity index is 0.00000363. The third-order valence-electron chi connectivity index (χ3n) is 6.22. The van der Waals surface area contributed by atoms with Crippen molar-refractivity contribution in [2.24, 2.45) is 10.9 Å². The molecule has 3 rings (SSSR count). The second kappa shape index (κ2) is 15.7. The van der Waals surface area contributed by atoms with Crippen molar-refractivity contribution in [2.45, 2.75) is 38.1 Å². The number of likely N-dealkylation sites (tertiary alicyclic amines) is 1. The normalized spacial score (nSPS) is 18.8. The molecule has 32 heavy (non-hydrogen) atoms. The predicted octanol–water partition coefficient (Wildman–Crippen LogP) is 3.45. The fourth-order valence-corrected chi connectivity index (χ4v) is 4.39. The number of rotatable bonds is 11. The number of para-hydroxylation sites is 1. The van der Waals surface area contributed by atoms with Gasteiger partial charge in [0.1, 0.15) is 5.75 Å². The van der Waals surface area contributed by atoms with E-state index in [1.807, 2.05) is 19.2 Å². The van der Waals surface area contributed by atoms with Crippen molar-refractivity contribution in [1.82, 2.24) is 15.5 Å².